The normalized spacial score (nSPS) is 28.4. The van der Waals surface area contributed by atoms with Crippen molar-refractivity contribution in [2.45, 2.75) is 25.9 Å². The summed E-state index contributed by atoms with van der Waals surface area (Å²) in [6.07, 6.45) is 5.08. The molecule has 4 heteroatoms. The molecule has 1 aliphatic heterocycles. The Morgan fingerprint density at radius 1 is 1.73 bits per heavy atom. The number of carbonyl (C=O) groups is 1. The maximum Gasteiger partial charge on any atom is 0.237 e. The molecular formula is C11H19N3O. The molecule has 0 aromatic carbocycles. The summed E-state index contributed by atoms with van der Waals surface area (Å²) < 4.78 is 0. The average Bonchev–Trinajstić information content (AvgIpc) is 2.54. The maximum absolute atomic E-state index is 11.6. The van der Waals surface area contributed by atoms with Gasteiger partial charge in [0.25, 0.3) is 0 Å². The lowest BCUT2D eigenvalue weighted by molar-refractivity contribution is -0.125. The van der Waals surface area contributed by atoms with E-state index in [0.29, 0.717) is 12.5 Å². The molecule has 3 atom stereocenters. The zero-order chi connectivity index (χ0) is 11.4. The van der Waals surface area contributed by atoms with E-state index < -0.39 is 0 Å². The second-order valence-electron chi connectivity index (χ2n) is 4.19. The van der Waals surface area contributed by atoms with Crippen molar-refractivity contribution in [1.29, 1.82) is 0 Å². The molecule has 0 aromatic heterocycles. The van der Waals surface area contributed by atoms with Crippen LogP contribution in [0, 0.1) is 18.3 Å². The zero-order valence-corrected chi connectivity index (χ0v) is 9.36. The molecule has 0 radical (unpaired) electrons. The Hall–Kier alpha value is -1.05. The van der Waals surface area contributed by atoms with Crippen LogP contribution >= 0.6 is 0 Å². The predicted octanol–water partition coefficient (Wildman–Crippen LogP) is -0.597. The Kier molecular flexibility index (Phi) is 4.13. The van der Waals surface area contributed by atoms with Crippen molar-refractivity contribution in [1.82, 2.24) is 10.2 Å². The fourth-order valence-electron chi connectivity index (χ4n) is 1.80. The summed E-state index contributed by atoms with van der Waals surface area (Å²) in [6, 6.07) is 0.0298. The monoisotopic (exact) mass is 209 g/mol. The molecule has 0 bridgehead atoms. The summed E-state index contributed by atoms with van der Waals surface area (Å²) in [6.45, 7) is 5.95. The van der Waals surface area contributed by atoms with Crippen LogP contribution in [-0.4, -0.2) is 42.5 Å². The van der Waals surface area contributed by atoms with Crippen LogP contribution in [0.5, 0.6) is 0 Å². The Morgan fingerprint density at radius 2 is 2.40 bits per heavy atom. The third-order valence-electron chi connectivity index (χ3n) is 2.99. The van der Waals surface area contributed by atoms with Crippen LogP contribution in [0.15, 0.2) is 0 Å². The van der Waals surface area contributed by atoms with E-state index in [0.717, 1.165) is 13.1 Å². The van der Waals surface area contributed by atoms with E-state index >= 15 is 0 Å². The van der Waals surface area contributed by atoms with E-state index in [9.17, 15) is 4.79 Å². The van der Waals surface area contributed by atoms with E-state index in [-0.39, 0.29) is 18.0 Å². The molecule has 1 fully saturated rings. The van der Waals surface area contributed by atoms with E-state index in [1.54, 1.807) is 0 Å². The first-order valence-corrected chi connectivity index (χ1v) is 5.27. The van der Waals surface area contributed by atoms with Gasteiger partial charge in [0, 0.05) is 19.1 Å². The van der Waals surface area contributed by atoms with Crippen LogP contribution in [0.3, 0.4) is 0 Å². The van der Waals surface area contributed by atoms with Gasteiger partial charge in [0.05, 0.1) is 12.6 Å². The maximum atomic E-state index is 11.6. The SMILES string of the molecule is C#CCNC(=O)C(C)N1CC(C)C(N)C1. The predicted molar refractivity (Wildman–Crippen MR) is 60.0 cm³/mol. The van der Waals surface area contributed by atoms with Gasteiger partial charge in [0.15, 0.2) is 0 Å². The third kappa shape index (κ3) is 2.95. The Balaban J connectivity index is 2.44. The fraction of sp³-hybridized carbons (Fsp3) is 0.727. The summed E-state index contributed by atoms with van der Waals surface area (Å²) in [5.74, 6) is 2.82. The highest BCUT2D eigenvalue weighted by molar-refractivity contribution is 5.81. The number of nitrogens with one attached hydrogen (secondary N) is 1. The van der Waals surface area contributed by atoms with Gasteiger partial charge in [0.2, 0.25) is 5.91 Å². The number of likely N-dealkylation sites (tertiary alicyclic amines) is 1. The van der Waals surface area contributed by atoms with E-state index in [4.69, 9.17) is 12.2 Å². The van der Waals surface area contributed by atoms with Gasteiger partial charge in [-0.1, -0.05) is 12.8 Å². The Morgan fingerprint density at radius 3 is 2.87 bits per heavy atom. The molecule has 3 unspecified atom stereocenters. The number of hydrogen-bond acceptors (Lipinski definition) is 3. The van der Waals surface area contributed by atoms with Gasteiger partial charge < -0.3 is 11.1 Å². The molecule has 15 heavy (non-hydrogen) atoms. The van der Waals surface area contributed by atoms with Crippen molar-refractivity contribution in [2.75, 3.05) is 19.6 Å². The number of rotatable bonds is 3. The van der Waals surface area contributed by atoms with Gasteiger partial charge >= 0.3 is 0 Å². The van der Waals surface area contributed by atoms with Crippen LogP contribution in [0.2, 0.25) is 0 Å². The highest BCUT2D eigenvalue weighted by atomic mass is 16.2. The Bertz CT molecular complexity index is 261. The lowest BCUT2D eigenvalue weighted by Crippen LogP contribution is -2.45. The molecule has 0 aromatic rings. The lowest BCUT2D eigenvalue weighted by atomic mass is 10.1. The zero-order valence-electron chi connectivity index (χ0n) is 9.36. The van der Waals surface area contributed by atoms with E-state index in [1.807, 2.05) is 6.92 Å². The second-order valence-corrected chi connectivity index (χ2v) is 4.19. The second kappa shape index (κ2) is 5.15. The molecule has 1 saturated heterocycles. The average molecular weight is 209 g/mol. The van der Waals surface area contributed by atoms with Crippen molar-refractivity contribution in [3.63, 3.8) is 0 Å². The minimum absolute atomic E-state index is 0.0192. The number of terminal acetylenes is 1. The van der Waals surface area contributed by atoms with Crippen molar-refractivity contribution in [3.8, 4) is 12.3 Å². The van der Waals surface area contributed by atoms with Crippen molar-refractivity contribution in [2.24, 2.45) is 11.7 Å². The molecule has 0 aliphatic carbocycles. The first kappa shape index (κ1) is 12.0. The third-order valence-corrected chi connectivity index (χ3v) is 2.99. The van der Waals surface area contributed by atoms with Crippen LogP contribution in [0.4, 0.5) is 0 Å². The fourth-order valence-corrected chi connectivity index (χ4v) is 1.80. The van der Waals surface area contributed by atoms with Gasteiger partial charge in [-0.05, 0) is 12.8 Å². The van der Waals surface area contributed by atoms with Crippen molar-refractivity contribution >= 4 is 5.91 Å². The standard InChI is InChI=1S/C11H19N3O/c1-4-5-13-11(15)9(3)14-6-8(2)10(12)7-14/h1,8-10H,5-7,12H2,2-3H3,(H,13,15). The molecule has 1 aliphatic rings. The summed E-state index contributed by atoms with van der Waals surface area (Å²) in [4.78, 5) is 13.7. The highest BCUT2D eigenvalue weighted by Gasteiger charge is 2.32. The number of amides is 1. The molecule has 1 heterocycles. The van der Waals surface area contributed by atoms with Crippen molar-refractivity contribution < 1.29 is 4.79 Å². The number of nitrogens with two attached hydrogens (primary N) is 1. The van der Waals surface area contributed by atoms with Crippen molar-refractivity contribution in [3.05, 3.63) is 0 Å². The Labute approximate surface area is 91.2 Å². The topological polar surface area (TPSA) is 58.4 Å². The van der Waals surface area contributed by atoms with Gasteiger partial charge in [-0.2, -0.15) is 0 Å². The molecule has 0 spiro atoms. The molecule has 0 saturated carbocycles. The highest BCUT2D eigenvalue weighted by Crippen LogP contribution is 2.16. The summed E-state index contributed by atoms with van der Waals surface area (Å²) >= 11 is 0. The van der Waals surface area contributed by atoms with E-state index in [1.165, 1.54) is 0 Å². The van der Waals surface area contributed by atoms with Gasteiger partial charge in [-0.3, -0.25) is 9.69 Å². The molecule has 1 amide bonds. The number of carbonyl (C=O) groups excluding carboxylic acids is 1. The minimum atomic E-state index is -0.144. The lowest BCUT2D eigenvalue weighted by Gasteiger charge is -2.22. The summed E-state index contributed by atoms with van der Waals surface area (Å²) in [7, 11) is 0. The largest absolute Gasteiger partial charge is 0.344 e. The summed E-state index contributed by atoms with van der Waals surface area (Å²) in [5.41, 5.74) is 5.90. The van der Waals surface area contributed by atoms with Gasteiger partial charge in [-0.25, -0.2) is 0 Å². The van der Waals surface area contributed by atoms with Gasteiger partial charge in [0.1, 0.15) is 0 Å². The van der Waals surface area contributed by atoms with Crippen LogP contribution in [-0.2, 0) is 4.79 Å². The molecule has 4 nitrogen and oxygen atoms in total. The van der Waals surface area contributed by atoms with Crippen LogP contribution < -0.4 is 11.1 Å². The van der Waals surface area contributed by atoms with Crippen LogP contribution in [0.1, 0.15) is 13.8 Å². The van der Waals surface area contributed by atoms with Crippen LogP contribution in [0.25, 0.3) is 0 Å². The quantitative estimate of drug-likeness (QED) is 0.610. The minimum Gasteiger partial charge on any atom is -0.344 e. The van der Waals surface area contributed by atoms with Gasteiger partial charge in [-0.15, -0.1) is 6.42 Å². The first-order chi connectivity index (χ1) is 7.06. The molecule has 1 rings (SSSR count). The smallest absolute Gasteiger partial charge is 0.237 e. The molecule has 3 N–H and O–H groups in total. The molecule has 84 valence electrons. The summed E-state index contributed by atoms with van der Waals surface area (Å²) in [5, 5.41) is 2.68. The van der Waals surface area contributed by atoms with E-state index in [2.05, 4.69) is 23.1 Å². The number of hydrogen-bond donors (Lipinski definition) is 2. The first-order valence-electron chi connectivity index (χ1n) is 5.27. The molecular weight excluding hydrogens is 190 g/mol. The number of nitrogens with zero attached hydrogens (tertiary/aromatic N) is 1.